The van der Waals surface area contributed by atoms with E-state index in [1.54, 1.807) is 20.8 Å². The van der Waals surface area contributed by atoms with Crippen molar-refractivity contribution in [3.63, 3.8) is 0 Å². The van der Waals surface area contributed by atoms with Crippen molar-refractivity contribution in [1.29, 1.82) is 0 Å². The van der Waals surface area contributed by atoms with E-state index in [1.807, 2.05) is 0 Å². The highest BCUT2D eigenvalue weighted by atomic mass is 35.5. The van der Waals surface area contributed by atoms with Crippen LogP contribution in [0, 0.1) is 11.6 Å². The first-order valence-electron chi connectivity index (χ1n) is 7.37. The van der Waals surface area contributed by atoms with Gasteiger partial charge in [0.25, 0.3) is 0 Å². The Hall–Kier alpha value is -1.89. The molecule has 132 valence electrons. The Kier molecular flexibility index (Phi) is 5.03. The van der Waals surface area contributed by atoms with Crippen LogP contribution in [0.2, 0.25) is 5.02 Å². The average molecular weight is 362 g/mol. The molecule has 1 aliphatic heterocycles. The molecule has 1 aliphatic rings. The molecule has 1 aromatic rings. The van der Waals surface area contributed by atoms with Gasteiger partial charge in [0.15, 0.2) is 0 Å². The van der Waals surface area contributed by atoms with Gasteiger partial charge in [-0.2, -0.15) is 0 Å². The van der Waals surface area contributed by atoms with Crippen LogP contribution in [0.5, 0.6) is 0 Å². The van der Waals surface area contributed by atoms with Gasteiger partial charge in [0.1, 0.15) is 23.3 Å². The van der Waals surface area contributed by atoms with Crippen molar-refractivity contribution < 1.29 is 28.2 Å². The molecule has 1 unspecified atom stereocenters. The number of amides is 1. The number of hydrogen-bond acceptors (Lipinski definition) is 3. The number of carboxylic acids is 1. The number of nitrogens with zero attached hydrogens (tertiary/aromatic N) is 1. The Balaban J connectivity index is 2.33. The maximum atomic E-state index is 14.2. The summed E-state index contributed by atoms with van der Waals surface area (Å²) in [4.78, 5) is 24.6. The van der Waals surface area contributed by atoms with Gasteiger partial charge in [0.05, 0.1) is 5.02 Å². The number of aliphatic carboxylic acids is 1. The van der Waals surface area contributed by atoms with E-state index in [-0.39, 0.29) is 23.6 Å². The number of hydrogen-bond donors (Lipinski definition) is 1. The summed E-state index contributed by atoms with van der Waals surface area (Å²) < 4.78 is 33.4. The van der Waals surface area contributed by atoms with Gasteiger partial charge >= 0.3 is 12.1 Å². The SMILES string of the molecule is CC(C)(C)OC(=O)N1C[C@H](c2c(F)ccc(Cl)c2F)CC1C(=O)O. The number of benzene rings is 1. The molecule has 24 heavy (non-hydrogen) atoms. The molecule has 1 N–H and O–H groups in total. The lowest BCUT2D eigenvalue weighted by Crippen LogP contribution is -2.43. The van der Waals surface area contributed by atoms with Gasteiger partial charge in [-0.3, -0.25) is 4.90 Å². The summed E-state index contributed by atoms with van der Waals surface area (Å²) in [6.07, 6.45) is -0.955. The van der Waals surface area contributed by atoms with Crippen molar-refractivity contribution in [3.05, 3.63) is 34.4 Å². The van der Waals surface area contributed by atoms with E-state index in [4.69, 9.17) is 16.3 Å². The molecule has 1 heterocycles. The molecule has 1 amide bonds. The first-order valence-corrected chi connectivity index (χ1v) is 7.75. The average Bonchev–Trinajstić information content (AvgIpc) is 2.87. The van der Waals surface area contributed by atoms with Gasteiger partial charge < -0.3 is 9.84 Å². The van der Waals surface area contributed by atoms with Gasteiger partial charge in [-0.15, -0.1) is 0 Å². The molecule has 0 radical (unpaired) electrons. The number of rotatable bonds is 2. The second kappa shape index (κ2) is 6.55. The topological polar surface area (TPSA) is 66.8 Å². The van der Waals surface area contributed by atoms with E-state index in [9.17, 15) is 23.5 Å². The normalized spacial score (nSPS) is 21.0. The zero-order chi connectivity index (χ0) is 18.2. The largest absolute Gasteiger partial charge is 0.480 e. The molecule has 0 bridgehead atoms. The second-order valence-corrected chi connectivity index (χ2v) is 7.08. The maximum absolute atomic E-state index is 14.2. The van der Waals surface area contributed by atoms with E-state index in [2.05, 4.69) is 0 Å². The zero-order valence-electron chi connectivity index (χ0n) is 13.5. The van der Waals surface area contributed by atoms with E-state index >= 15 is 0 Å². The predicted octanol–water partition coefficient (Wildman–Crippen LogP) is 3.80. The summed E-state index contributed by atoms with van der Waals surface area (Å²) in [7, 11) is 0. The molecule has 0 spiro atoms. The Bertz CT molecular complexity index is 675. The van der Waals surface area contributed by atoms with Crippen molar-refractivity contribution in [2.24, 2.45) is 0 Å². The van der Waals surface area contributed by atoms with Crippen LogP contribution < -0.4 is 0 Å². The van der Waals surface area contributed by atoms with Gasteiger partial charge in [-0.05, 0) is 39.3 Å². The number of carbonyl (C=O) groups excluding carboxylic acids is 1. The van der Waals surface area contributed by atoms with Gasteiger partial charge in [-0.1, -0.05) is 11.6 Å². The first-order chi connectivity index (χ1) is 11.0. The summed E-state index contributed by atoms with van der Waals surface area (Å²) in [5.74, 6) is -3.84. The van der Waals surface area contributed by atoms with Crippen LogP contribution in [0.1, 0.15) is 38.7 Å². The monoisotopic (exact) mass is 361 g/mol. The van der Waals surface area contributed by atoms with Crippen LogP contribution >= 0.6 is 11.6 Å². The third-order valence-electron chi connectivity index (χ3n) is 3.70. The molecule has 5 nitrogen and oxygen atoms in total. The molecule has 8 heteroatoms. The summed E-state index contributed by atoms with van der Waals surface area (Å²) in [6, 6.07) is 0.889. The molecule has 1 fully saturated rings. The van der Waals surface area contributed by atoms with Crippen LogP contribution in [-0.2, 0) is 9.53 Å². The number of likely N-dealkylation sites (tertiary alicyclic amines) is 1. The van der Waals surface area contributed by atoms with Gasteiger partial charge in [0.2, 0.25) is 0 Å². The number of ether oxygens (including phenoxy) is 1. The van der Waals surface area contributed by atoms with Crippen LogP contribution in [0.25, 0.3) is 0 Å². The molecule has 2 rings (SSSR count). The van der Waals surface area contributed by atoms with Crippen molar-refractivity contribution in [3.8, 4) is 0 Å². The van der Waals surface area contributed by atoms with Crippen molar-refractivity contribution >= 4 is 23.7 Å². The minimum absolute atomic E-state index is 0.122. The smallest absolute Gasteiger partial charge is 0.411 e. The maximum Gasteiger partial charge on any atom is 0.411 e. The number of carboxylic acid groups (broad SMARTS) is 1. The van der Waals surface area contributed by atoms with Gasteiger partial charge in [-0.25, -0.2) is 18.4 Å². The molecule has 0 saturated carbocycles. The lowest BCUT2D eigenvalue weighted by atomic mass is 9.95. The highest BCUT2D eigenvalue weighted by Gasteiger charge is 2.43. The molecular weight excluding hydrogens is 344 g/mol. The lowest BCUT2D eigenvalue weighted by Gasteiger charge is -2.26. The molecule has 2 atom stereocenters. The Labute approximate surface area is 143 Å². The second-order valence-electron chi connectivity index (χ2n) is 6.68. The van der Waals surface area contributed by atoms with Crippen LogP contribution in [0.4, 0.5) is 13.6 Å². The standard InChI is InChI=1S/C16H18ClF2NO4/c1-16(2,3)24-15(23)20-7-8(6-11(20)14(21)22)12-10(18)5-4-9(17)13(12)19/h4-5,8,11H,6-7H2,1-3H3,(H,21,22)/t8-,11?/m1/s1. The number of carbonyl (C=O) groups is 2. The third kappa shape index (κ3) is 3.77. The van der Waals surface area contributed by atoms with Crippen molar-refractivity contribution in [2.45, 2.75) is 44.8 Å². The van der Waals surface area contributed by atoms with Crippen LogP contribution in [0.3, 0.4) is 0 Å². The third-order valence-corrected chi connectivity index (χ3v) is 3.99. The van der Waals surface area contributed by atoms with E-state index in [0.717, 1.165) is 17.0 Å². The summed E-state index contributed by atoms with van der Waals surface area (Å²) >= 11 is 5.69. The molecule has 0 aliphatic carbocycles. The van der Waals surface area contributed by atoms with E-state index in [0.29, 0.717) is 0 Å². The molecule has 1 saturated heterocycles. The van der Waals surface area contributed by atoms with E-state index < -0.39 is 41.3 Å². The Morgan fingerprint density at radius 2 is 1.96 bits per heavy atom. The zero-order valence-corrected chi connectivity index (χ0v) is 14.2. The lowest BCUT2D eigenvalue weighted by molar-refractivity contribution is -0.142. The number of halogens is 3. The summed E-state index contributed by atoms with van der Waals surface area (Å²) in [5.41, 5.74) is -1.12. The predicted molar refractivity (Wildman–Crippen MR) is 83.1 cm³/mol. The minimum atomic E-state index is -1.26. The van der Waals surface area contributed by atoms with E-state index in [1.165, 1.54) is 0 Å². The highest BCUT2D eigenvalue weighted by molar-refractivity contribution is 6.30. The molecular formula is C16H18ClF2NO4. The fraction of sp³-hybridized carbons (Fsp3) is 0.500. The fourth-order valence-corrected chi connectivity index (χ4v) is 2.88. The molecule has 1 aromatic carbocycles. The Morgan fingerprint density at radius 1 is 1.33 bits per heavy atom. The summed E-state index contributed by atoms with van der Waals surface area (Å²) in [6.45, 7) is 4.76. The Morgan fingerprint density at radius 3 is 2.50 bits per heavy atom. The highest BCUT2D eigenvalue weighted by Crippen LogP contribution is 2.37. The quantitative estimate of drug-likeness (QED) is 0.814. The van der Waals surface area contributed by atoms with Gasteiger partial charge in [0, 0.05) is 18.0 Å². The van der Waals surface area contributed by atoms with Crippen LogP contribution in [0.15, 0.2) is 12.1 Å². The fourth-order valence-electron chi connectivity index (χ4n) is 2.72. The van der Waals surface area contributed by atoms with Crippen LogP contribution in [-0.4, -0.2) is 40.3 Å². The molecule has 0 aromatic heterocycles. The minimum Gasteiger partial charge on any atom is -0.480 e. The summed E-state index contributed by atoms with van der Waals surface area (Å²) in [5, 5.41) is 9.07. The first kappa shape index (κ1) is 18.4. The van der Waals surface area contributed by atoms with Crippen molar-refractivity contribution in [2.75, 3.05) is 6.54 Å². The van der Waals surface area contributed by atoms with Crippen molar-refractivity contribution in [1.82, 2.24) is 4.90 Å².